The lowest BCUT2D eigenvalue weighted by atomic mass is 10.3. The highest BCUT2D eigenvalue weighted by molar-refractivity contribution is 7.12. The van der Waals surface area contributed by atoms with Crippen LogP contribution in [0.25, 0.3) is 0 Å². The van der Waals surface area contributed by atoms with Crippen LogP contribution < -0.4 is 11.1 Å². The van der Waals surface area contributed by atoms with Gasteiger partial charge in [-0.3, -0.25) is 4.79 Å². The first-order valence-corrected chi connectivity index (χ1v) is 8.84. The quantitative estimate of drug-likeness (QED) is 0.436. The number of carbonyl (C=O) groups is 1. The third-order valence-electron chi connectivity index (χ3n) is 1.82. The molecule has 0 aliphatic heterocycles. The number of terminal acetylenes is 1. The minimum Gasteiger partial charge on any atom is -0.400 e. The van der Waals surface area contributed by atoms with Crippen LogP contribution in [-0.2, 0) is 17.6 Å². The second-order valence-corrected chi connectivity index (χ2v) is 4.84. The molecule has 0 bridgehead atoms. The molecule has 5 heteroatoms. The van der Waals surface area contributed by atoms with Crippen LogP contribution in [-0.4, -0.2) is 31.7 Å². The predicted molar refractivity (Wildman–Crippen MR) is 105 cm³/mol. The Balaban J connectivity index is -0.000000120. The maximum atomic E-state index is 9.45. The Morgan fingerprint density at radius 2 is 1.74 bits per heavy atom. The number of aryl methyl sites for hydroxylation is 1. The van der Waals surface area contributed by atoms with Crippen molar-refractivity contribution in [3.05, 3.63) is 21.9 Å². The third-order valence-corrected chi connectivity index (χ3v) is 3.05. The number of hydrogen-bond donors (Lipinski definition) is 3. The van der Waals surface area contributed by atoms with Crippen molar-refractivity contribution in [1.29, 1.82) is 0 Å². The van der Waals surface area contributed by atoms with E-state index in [9.17, 15) is 4.79 Å². The molecule has 1 aromatic heterocycles. The smallest absolute Gasteiger partial charge is 0.207 e. The van der Waals surface area contributed by atoms with Crippen molar-refractivity contribution in [2.75, 3.05) is 20.2 Å². The topological polar surface area (TPSA) is 75.4 Å². The molecule has 0 saturated carbocycles. The summed E-state index contributed by atoms with van der Waals surface area (Å²) in [7, 11) is 1.00. The lowest BCUT2D eigenvalue weighted by Gasteiger charge is -1.86. The van der Waals surface area contributed by atoms with Gasteiger partial charge in [0, 0.05) is 29.8 Å². The van der Waals surface area contributed by atoms with Crippen LogP contribution in [0.1, 0.15) is 50.8 Å². The first kappa shape index (κ1) is 29.6. The number of rotatable bonds is 5. The molecule has 0 aromatic carbocycles. The van der Waals surface area contributed by atoms with Crippen LogP contribution in [0.3, 0.4) is 0 Å². The Hall–Kier alpha value is -1.35. The summed E-state index contributed by atoms with van der Waals surface area (Å²) < 4.78 is 0. The van der Waals surface area contributed by atoms with Crippen LogP contribution in [0.15, 0.2) is 12.1 Å². The van der Waals surface area contributed by atoms with Gasteiger partial charge in [-0.2, -0.15) is 0 Å². The van der Waals surface area contributed by atoms with Gasteiger partial charge in [-0.05, 0) is 31.5 Å². The van der Waals surface area contributed by atoms with E-state index in [1.807, 2.05) is 39.0 Å². The Bertz CT molecular complexity index is 347. The molecule has 4 nitrogen and oxygen atoms in total. The lowest BCUT2D eigenvalue weighted by molar-refractivity contribution is -0.109. The van der Waals surface area contributed by atoms with Gasteiger partial charge in [0.15, 0.2) is 0 Å². The predicted octanol–water partition coefficient (Wildman–Crippen LogP) is 3.23. The number of aliphatic hydroxyl groups is 1. The zero-order chi connectivity index (χ0) is 18.9. The molecule has 1 amide bonds. The fraction of sp³-hybridized carbons (Fsp3) is 0.611. The summed E-state index contributed by atoms with van der Waals surface area (Å²) in [6.07, 6.45) is 8.80. The molecule has 1 aromatic rings. The highest BCUT2D eigenvalue weighted by Gasteiger charge is 1.94. The van der Waals surface area contributed by atoms with E-state index in [0.29, 0.717) is 6.41 Å². The van der Waals surface area contributed by atoms with E-state index in [1.165, 1.54) is 9.75 Å². The van der Waals surface area contributed by atoms with E-state index in [0.717, 1.165) is 39.5 Å². The zero-order valence-corrected chi connectivity index (χ0v) is 16.5. The van der Waals surface area contributed by atoms with Gasteiger partial charge in [0.25, 0.3) is 0 Å². The monoisotopic (exact) mass is 344 g/mol. The largest absolute Gasteiger partial charge is 0.400 e. The van der Waals surface area contributed by atoms with Crippen LogP contribution in [0.4, 0.5) is 0 Å². The third kappa shape index (κ3) is 29.3. The van der Waals surface area contributed by atoms with E-state index in [2.05, 4.69) is 30.3 Å². The SMILES string of the molecule is C#CCc1ccc(CC)s1.CC.CCCNC=O.CCN.CO. The molecule has 0 unspecified atom stereocenters. The van der Waals surface area contributed by atoms with Gasteiger partial charge in [-0.25, -0.2) is 0 Å². The number of amides is 1. The summed E-state index contributed by atoms with van der Waals surface area (Å²) in [4.78, 5) is 12.2. The van der Waals surface area contributed by atoms with E-state index >= 15 is 0 Å². The molecular formula is C18H36N2O2S. The van der Waals surface area contributed by atoms with E-state index < -0.39 is 0 Å². The minimum absolute atomic E-state index is 0.712. The summed E-state index contributed by atoms with van der Waals surface area (Å²) >= 11 is 1.81. The normalized spacial score (nSPS) is 7.26. The maximum absolute atomic E-state index is 9.45. The number of aliphatic hydroxyl groups excluding tert-OH is 1. The Labute approximate surface area is 147 Å². The lowest BCUT2D eigenvalue weighted by Crippen LogP contribution is -2.10. The summed E-state index contributed by atoms with van der Waals surface area (Å²) in [5.41, 5.74) is 4.85. The molecular weight excluding hydrogens is 308 g/mol. The van der Waals surface area contributed by atoms with Gasteiger partial charge in [-0.1, -0.05) is 34.6 Å². The number of hydrogen-bond acceptors (Lipinski definition) is 4. The van der Waals surface area contributed by atoms with Gasteiger partial charge in [0.05, 0.1) is 0 Å². The number of thiophene rings is 1. The molecule has 0 saturated heterocycles. The average molecular weight is 345 g/mol. The van der Waals surface area contributed by atoms with E-state index in [4.69, 9.17) is 17.3 Å². The van der Waals surface area contributed by atoms with Crippen LogP contribution >= 0.6 is 11.3 Å². The molecule has 4 N–H and O–H groups in total. The van der Waals surface area contributed by atoms with Crippen molar-refractivity contribution in [3.63, 3.8) is 0 Å². The van der Waals surface area contributed by atoms with Gasteiger partial charge >= 0.3 is 0 Å². The standard InChI is InChI=1S/C9H10S.C4H9NO.C2H7N.C2H6.CH4O/c1-3-5-9-7-6-8(4-2)10-9;1-2-3-5-4-6;1-2-3;2*1-2/h1,6-7H,4-5H2,2H3;4H,2-3H2,1H3,(H,5,6);2-3H2,1H3;1-2H3;2H,1H3. The Morgan fingerprint density at radius 1 is 1.26 bits per heavy atom. The molecule has 0 fully saturated rings. The fourth-order valence-electron chi connectivity index (χ4n) is 1.01. The highest BCUT2D eigenvalue weighted by atomic mass is 32.1. The first-order chi connectivity index (χ1) is 11.2. The summed E-state index contributed by atoms with van der Waals surface area (Å²) in [6, 6.07) is 4.26. The van der Waals surface area contributed by atoms with Crippen molar-refractivity contribution in [3.8, 4) is 12.3 Å². The highest BCUT2D eigenvalue weighted by Crippen LogP contribution is 2.16. The molecule has 0 atom stereocenters. The van der Waals surface area contributed by atoms with E-state index in [1.54, 1.807) is 0 Å². The molecule has 23 heavy (non-hydrogen) atoms. The second-order valence-electron chi connectivity index (χ2n) is 3.58. The van der Waals surface area contributed by atoms with E-state index in [-0.39, 0.29) is 0 Å². The van der Waals surface area contributed by atoms with Crippen molar-refractivity contribution in [1.82, 2.24) is 5.32 Å². The second kappa shape index (κ2) is 32.6. The molecule has 0 aliphatic rings. The van der Waals surface area contributed by atoms with Crippen LogP contribution in [0.5, 0.6) is 0 Å². The number of carbonyl (C=O) groups excluding carboxylic acids is 1. The summed E-state index contributed by atoms with van der Waals surface area (Å²) in [6.45, 7) is 11.6. The number of nitrogens with two attached hydrogens (primary N) is 1. The summed E-state index contributed by atoms with van der Waals surface area (Å²) in [5, 5.41) is 9.52. The first-order valence-electron chi connectivity index (χ1n) is 8.02. The van der Waals surface area contributed by atoms with Crippen molar-refractivity contribution in [2.24, 2.45) is 5.73 Å². The van der Waals surface area contributed by atoms with Gasteiger partial charge < -0.3 is 16.2 Å². The maximum Gasteiger partial charge on any atom is 0.207 e. The van der Waals surface area contributed by atoms with Gasteiger partial charge in [0.1, 0.15) is 0 Å². The Morgan fingerprint density at radius 3 is 2.00 bits per heavy atom. The van der Waals surface area contributed by atoms with Crippen LogP contribution in [0, 0.1) is 12.3 Å². The molecule has 0 radical (unpaired) electrons. The van der Waals surface area contributed by atoms with Gasteiger partial charge in [0.2, 0.25) is 6.41 Å². The molecule has 1 heterocycles. The zero-order valence-electron chi connectivity index (χ0n) is 15.7. The van der Waals surface area contributed by atoms with Crippen molar-refractivity contribution < 1.29 is 9.90 Å². The molecule has 0 aliphatic carbocycles. The van der Waals surface area contributed by atoms with Crippen molar-refractivity contribution in [2.45, 2.75) is 53.9 Å². The van der Waals surface area contributed by atoms with Crippen molar-refractivity contribution >= 4 is 17.7 Å². The van der Waals surface area contributed by atoms with Gasteiger partial charge in [-0.15, -0.1) is 23.7 Å². The number of nitrogens with one attached hydrogen (secondary N) is 1. The molecule has 0 spiro atoms. The minimum atomic E-state index is 0.712. The van der Waals surface area contributed by atoms with Crippen LogP contribution in [0.2, 0.25) is 0 Å². The molecule has 136 valence electrons. The Kier molecular flexibility index (Phi) is 41.9. The molecule has 1 rings (SSSR count). The summed E-state index contributed by atoms with van der Waals surface area (Å²) in [5.74, 6) is 2.63. The fourth-order valence-corrected chi connectivity index (χ4v) is 1.92. The average Bonchev–Trinajstić information content (AvgIpc) is 3.06.